The Hall–Kier alpha value is -2.18. The third-order valence-corrected chi connectivity index (χ3v) is 6.10. The molecule has 1 aromatic heterocycles. The van der Waals surface area contributed by atoms with Gasteiger partial charge in [-0.05, 0) is 30.0 Å². The Morgan fingerprint density at radius 2 is 1.59 bits per heavy atom. The fourth-order valence-corrected chi connectivity index (χ4v) is 4.91. The van der Waals surface area contributed by atoms with E-state index in [0.29, 0.717) is 18.0 Å². The van der Waals surface area contributed by atoms with E-state index in [1.807, 2.05) is 58.0 Å². The Kier molecular flexibility index (Phi) is 5.67. The van der Waals surface area contributed by atoms with Gasteiger partial charge in [0.05, 0.1) is 15.9 Å². The van der Waals surface area contributed by atoms with E-state index < -0.39 is 10.0 Å². The zero-order valence-corrected chi connectivity index (χ0v) is 17.1. The number of sulfonamides is 1. The average Bonchev–Trinajstić information content (AvgIpc) is 3.04. The highest BCUT2D eigenvalue weighted by molar-refractivity contribution is 7.89. The van der Waals surface area contributed by atoms with Crippen molar-refractivity contribution < 1.29 is 8.42 Å². The van der Waals surface area contributed by atoms with Crippen molar-refractivity contribution in [2.45, 2.75) is 32.6 Å². The Balaban J connectivity index is 1.99. The van der Waals surface area contributed by atoms with Crippen molar-refractivity contribution in [3.8, 4) is 11.4 Å². The van der Waals surface area contributed by atoms with Crippen LogP contribution in [0.5, 0.6) is 0 Å². The molecule has 2 aromatic carbocycles. The number of hydrogen-bond acceptors (Lipinski definition) is 3. The van der Waals surface area contributed by atoms with Gasteiger partial charge in [-0.3, -0.25) is 0 Å². The molecule has 0 fully saturated rings. The fourth-order valence-electron chi connectivity index (χ4n) is 3.12. The molecule has 0 aliphatic heterocycles. The van der Waals surface area contributed by atoms with Gasteiger partial charge >= 0.3 is 0 Å². The first-order valence-electron chi connectivity index (χ1n) is 9.32. The Labute approximate surface area is 161 Å². The predicted molar refractivity (Wildman–Crippen MR) is 110 cm³/mol. The fraction of sp³-hybridized carbons (Fsp3) is 0.381. The van der Waals surface area contributed by atoms with E-state index in [4.69, 9.17) is 0 Å². The van der Waals surface area contributed by atoms with Gasteiger partial charge in [0.2, 0.25) is 10.0 Å². The molecule has 144 valence electrons. The van der Waals surface area contributed by atoms with Crippen LogP contribution < -0.4 is 0 Å². The van der Waals surface area contributed by atoms with Gasteiger partial charge in [0.15, 0.2) is 0 Å². The van der Waals surface area contributed by atoms with Crippen LogP contribution in [0.3, 0.4) is 0 Å². The second-order valence-corrected chi connectivity index (χ2v) is 9.68. The standard InChI is InChI=1S/C21H27N3O2S/c1-15(2)13-24(14-16(3)4)27(25,26)18-10-11-19-20(12-18)23-21(22-19)17-8-6-5-7-9-17/h5-12,15-16H,13-14H2,1-4H3,(H,22,23). The van der Waals surface area contributed by atoms with Crippen molar-refractivity contribution >= 4 is 21.1 Å². The smallest absolute Gasteiger partial charge is 0.243 e. The highest BCUT2D eigenvalue weighted by Gasteiger charge is 2.26. The summed E-state index contributed by atoms with van der Waals surface area (Å²) in [7, 11) is -3.55. The molecule has 0 radical (unpaired) electrons. The number of benzene rings is 2. The third-order valence-electron chi connectivity index (χ3n) is 4.28. The summed E-state index contributed by atoms with van der Waals surface area (Å²) < 4.78 is 28.0. The first kappa shape index (κ1) is 19.6. The summed E-state index contributed by atoms with van der Waals surface area (Å²) in [5, 5.41) is 0. The minimum Gasteiger partial charge on any atom is -0.338 e. The van der Waals surface area contributed by atoms with Crippen molar-refractivity contribution in [2.24, 2.45) is 11.8 Å². The second-order valence-electron chi connectivity index (χ2n) is 7.74. The number of nitrogens with zero attached hydrogens (tertiary/aromatic N) is 2. The van der Waals surface area contributed by atoms with Crippen LogP contribution in [-0.4, -0.2) is 35.8 Å². The van der Waals surface area contributed by atoms with Gasteiger partial charge in [-0.25, -0.2) is 13.4 Å². The van der Waals surface area contributed by atoms with Gasteiger partial charge in [0, 0.05) is 18.7 Å². The molecule has 6 heteroatoms. The molecule has 0 saturated heterocycles. The van der Waals surface area contributed by atoms with Crippen LogP contribution in [0.2, 0.25) is 0 Å². The number of hydrogen-bond donors (Lipinski definition) is 1. The molecule has 27 heavy (non-hydrogen) atoms. The van der Waals surface area contributed by atoms with E-state index in [0.717, 1.165) is 22.4 Å². The van der Waals surface area contributed by atoms with Gasteiger partial charge in [0.1, 0.15) is 5.82 Å². The van der Waals surface area contributed by atoms with Crippen LogP contribution in [0.15, 0.2) is 53.4 Å². The molecule has 0 aliphatic carbocycles. The molecule has 0 spiro atoms. The lowest BCUT2D eigenvalue weighted by Gasteiger charge is -2.25. The van der Waals surface area contributed by atoms with E-state index in [1.54, 1.807) is 22.5 Å². The number of fused-ring (bicyclic) bond motifs is 1. The lowest BCUT2D eigenvalue weighted by molar-refractivity contribution is 0.333. The Bertz CT molecular complexity index is 998. The van der Waals surface area contributed by atoms with Crippen molar-refractivity contribution in [1.29, 1.82) is 0 Å². The van der Waals surface area contributed by atoms with Crippen molar-refractivity contribution in [3.63, 3.8) is 0 Å². The Morgan fingerprint density at radius 3 is 2.19 bits per heavy atom. The molecule has 3 aromatic rings. The topological polar surface area (TPSA) is 66.1 Å². The van der Waals surface area contributed by atoms with Crippen molar-refractivity contribution in [2.75, 3.05) is 13.1 Å². The second kappa shape index (κ2) is 7.82. The minimum atomic E-state index is -3.55. The Morgan fingerprint density at radius 1 is 0.963 bits per heavy atom. The largest absolute Gasteiger partial charge is 0.338 e. The van der Waals surface area contributed by atoms with Gasteiger partial charge < -0.3 is 4.98 Å². The summed E-state index contributed by atoms with van der Waals surface area (Å²) in [6, 6.07) is 14.9. The number of imidazole rings is 1. The van der Waals surface area contributed by atoms with Crippen LogP contribution >= 0.6 is 0 Å². The van der Waals surface area contributed by atoms with Crippen molar-refractivity contribution in [3.05, 3.63) is 48.5 Å². The maximum Gasteiger partial charge on any atom is 0.243 e. The van der Waals surface area contributed by atoms with Gasteiger partial charge in [-0.2, -0.15) is 4.31 Å². The summed E-state index contributed by atoms with van der Waals surface area (Å²) in [6.07, 6.45) is 0. The van der Waals surface area contributed by atoms with Crippen LogP contribution in [0.25, 0.3) is 22.4 Å². The van der Waals surface area contributed by atoms with Gasteiger partial charge in [-0.15, -0.1) is 0 Å². The van der Waals surface area contributed by atoms with Crippen LogP contribution in [-0.2, 0) is 10.0 Å². The van der Waals surface area contributed by atoms with Crippen LogP contribution in [0, 0.1) is 11.8 Å². The molecule has 0 atom stereocenters. The third kappa shape index (κ3) is 4.39. The summed E-state index contributed by atoms with van der Waals surface area (Å²) >= 11 is 0. The predicted octanol–water partition coefficient (Wildman–Crippen LogP) is 4.53. The first-order chi connectivity index (χ1) is 12.8. The molecule has 0 aliphatic rings. The molecule has 0 saturated carbocycles. The van der Waals surface area contributed by atoms with E-state index in [-0.39, 0.29) is 11.8 Å². The quantitative estimate of drug-likeness (QED) is 0.650. The molecular formula is C21H27N3O2S. The number of H-pyrrole nitrogens is 1. The van der Waals surface area contributed by atoms with Gasteiger partial charge in [0.25, 0.3) is 0 Å². The average molecular weight is 386 g/mol. The van der Waals surface area contributed by atoms with Crippen LogP contribution in [0.4, 0.5) is 0 Å². The first-order valence-corrected chi connectivity index (χ1v) is 10.8. The zero-order valence-electron chi connectivity index (χ0n) is 16.3. The molecule has 1 heterocycles. The van der Waals surface area contributed by atoms with E-state index in [1.165, 1.54) is 0 Å². The SMILES string of the molecule is CC(C)CN(CC(C)C)S(=O)(=O)c1ccc2nc(-c3ccccc3)[nH]c2c1. The molecular weight excluding hydrogens is 358 g/mol. The number of rotatable bonds is 7. The lowest BCUT2D eigenvalue weighted by atomic mass is 10.2. The highest BCUT2D eigenvalue weighted by atomic mass is 32.2. The van der Waals surface area contributed by atoms with E-state index in [9.17, 15) is 8.42 Å². The lowest BCUT2D eigenvalue weighted by Crippen LogP contribution is -2.37. The molecule has 1 N–H and O–H groups in total. The van der Waals surface area contributed by atoms with E-state index >= 15 is 0 Å². The normalized spacial score (nSPS) is 12.6. The maximum atomic E-state index is 13.2. The molecule has 0 unspecified atom stereocenters. The summed E-state index contributed by atoms with van der Waals surface area (Å²) in [5.41, 5.74) is 2.45. The van der Waals surface area contributed by atoms with Gasteiger partial charge in [-0.1, -0.05) is 58.0 Å². The summed E-state index contributed by atoms with van der Waals surface area (Å²) in [6.45, 7) is 9.16. The molecule has 0 bridgehead atoms. The molecule has 0 amide bonds. The number of aromatic nitrogens is 2. The highest BCUT2D eigenvalue weighted by Crippen LogP contribution is 2.25. The summed E-state index contributed by atoms with van der Waals surface area (Å²) in [4.78, 5) is 8.14. The van der Waals surface area contributed by atoms with Crippen molar-refractivity contribution in [1.82, 2.24) is 14.3 Å². The van der Waals surface area contributed by atoms with Crippen LogP contribution in [0.1, 0.15) is 27.7 Å². The molecule has 3 rings (SSSR count). The number of aromatic amines is 1. The maximum absolute atomic E-state index is 13.2. The zero-order chi connectivity index (χ0) is 19.6. The van der Waals surface area contributed by atoms with E-state index in [2.05, 4.69) is 9.97 Å². The minimum absolute atomic E-state index is 0.263. The molecule has 5 nitrogen and oxygen atoms in total. The number of nitrogens with one attached hydrogen (secondary N) is 1. The summed E-state index contributed by atoms with van der Waals surface area (Å²) in [5.74, 6) is 1.26. The monoisotopic (exact) mass is 385 g/mol.